The van der Waals surface area contributed by atoms with Crippen molar-refractivity contribution in [1.29, 1.82) is 0 Å². The van der Waals surface area contributed by atoms with Crippen molar-refractivity contribution in [3.63, 3.8) is 0 Å². The molecule has 26 heavy (non-hydrogen) atoms. The topological polar surface area (TPSA) is 3.24 Å². The third kappa shape index (κ3) is 9.60. The Balaban J connectivity index is 0.000000289. The normalized spacial score (nSPS) is 11.5. The predicted octanol–water partition coefficient (Wildman–Crippen LogP) is 6.76. The van der Waals surface area contributed by atoms with Gasteiger partial charge in [0.15, 0.2) is 0 Å². The molecule has 0 aliphatic heterocycles. The highest BCUT2D eigenvalue weighted by Crippen LogP contribution is 2.06. The summed E-state index contributed by atoms with van der Waals surface area (Å²) in [4.78, 5) is 2.47. The van der Waals surface area contributed by atoms with Gasteiger partial charge in [0.05, 0.1) is 0 Å². The Morgan fingerprint density at radius 3 is 1.54 bits per heavy atom. The van der Waals surface area contributed by atoms with Crippen molar-refractivity contribution in [1.82, 2.24) is 4.90 Å². The summed E-state index contributed by atoms with van der Waals surface area (Å²) in [7, 11) is 0. The molecule has 2 aromatic rings. The second-order valence-corrected chi connectivity index (χ2v) is 6.97. The summed E-state index contributed by atoms with van der Waals surface area (Å²) in [6.07, 6.45) is 8.37. The molecule has 0 aliphatic rings. The van der Waals surface area contributed by atoms with E-state index in [4.69, 9.17) is 11.6 Å². The van der Waals surface area contributed by atoms with E-state index in [1.54, 1.807) is 0 Å². The number of allylic oxidation sites excluding steroid dienone is 1. The Bertz CT molecular complexity index is 622. The van der Waals surface area contributed by atoms with Gasteiger partial charge < -0.3 is 0 Å². The molecule has 0 aromatic heterocycles. The predicted molar refractivity (Wildman–Crippen MR) is 119 cm³/mol. The Morgan fingerprint density at radius 1 is 0.731 bits per heavy atom. The summed E-state index contributed by atoms with van der Waals surface area (Å²) >= 11 is 5.46. The quantitative estimate of drug-likeness (QED) is 0.487. The number of rotatable bonds is 7. The Labute approximate surface area is 165 Å². The molecule has 0 amide bonds. The molecule has 0 unspecified atom stereocenters. The summed E-state index contributed by atoms with van der Waals surface area (Å²) in [5, 5.41) is 0. The minimum absolute atomic E-state index is 0.578. The molecule has 0 saturated carbocycles. The molecule has 0 N–H and O–H groups in total. The highest BCUT2D eigenvalue weighted by molar-refractivity contribution is 6.19. The smallest absolute Gasteiger partial charge is 0.0407 e. The Hall–Kier alpha value is -1.83. The van der Waals surface area contributed by atoms with Crippen LogP contribution in [0.2, 0.25) is 0 Å². The van der Waals surface area contributed by atoms with Gasteiger partial charge in [-0.15, -0.1) is 11.6 Å². The van der Waals surface area contributed by atoms with Gasteiger partial charge >= 0.3 is 0 Å². The zero-order valence-corrected chi connectivity index (χ0v) is 17.2. The zero-order valence-electron chi connectivity index (χ0n) is 16.5. The summed E-state index contributed by atoms with van der Waals surface area (Å²) in [6, 6.07) is 21.8. The third-order valence-electron chi connectivity index (χ3n) is 3.95. The number of benzene rings is 2. The van der Waals surface area contributed by atoms with Gasteiger partial charge in [0.1, 0.15) is 0 Å². The van der Waals surface area contributed by atoms with Crippen molar-refractivity contribution in [2.45, 2.75) is 39.8 Å². The van der Waals surface area contributed by atoms with Crippen molar-refractivity contribution >= 4 is 23.8 Å². The lowest BCUT2D eigenvalue weighted by Gasteiger charge is -2.29. The molecular weight excluding hydrogens is 338 g/mol. The van der Waals surface area contributed by atoms with E-state index in [1.807, 2.05) is 48.6 Å². The molecule has 2 heteroatoms. The molecule has 0 saturated heterocycles. The summed E-state index contributed by atoms with van der Waals surface area (Å²) < 4.78 is 0. The van der Waals surface area contributed by atoms with E-state index in [1.165, 1.54) is 11.1 Å². The van der Waals surface area contributed by atoms with Crippen LogP contribution in [0.4, 0.5) is 0 Å². The van der Waals surface area contributed by atoms with Crippen molar-refractivity contribution in [3.05, 3.63) is 83.9 Å². The second kappa shape index (κ2) is 13.4. The van der Waals surface area contributed by atoms with Crippen LogP contribution in [0.5, 0.6) is 0 Å². The summed E-state index contributed by atoms with van der Waals surface area (Å²) in [5.74, 6) is 0.578. The molecule has 0 aliphatic carbocycles. The number of hydrogen-bond acceptors (Lipinski definition) is 1. The van der Waals surface area contributed by atoms with E-state index >= 15 is 0 Å². The minimum Gasteiger partial charge on any atom is -0.295 e. The maximum absolute atomic E-state index is 5.46. The number of halogens is 1. The molecule has 0 bridgehead atoms. The summed E-state index contributed by atoms with van der Waals surface area (Å²) in [5.41, 5.74) is 2.47. The first-order valence-corrected chi connectivity index (χ1v) is 9.83. The van der Waals surface area contributed by atoms with Gasteiger partial charge in [0.25, 0.3) is 0 Å². The van der Waals surface area contributed by atoms with E-state index < -0.39 is 0 Å². The number of alkyl halides is 1. The van der Waals surface area contributed by atoms with Gasteiger partial charge in [-0.05, 0) is 38.8 Å². The maximum Gasteiger partial charge on any atom is 0.0407 e. The number of hydrogen-bond donors (Lipinski definition) is 0. The molecule has 0 spiro atoms. The van der Waals surface area contributed by atoms with Crippen LogP contribution in [0.3, 0.4) is 0 Å². The van der Waals surface area contributed by atoms with E-state index in [0.29, 0.717) is 18.0 Å². The lowest BCUT2D eigenvalue weighted by Crippen LogP contribution is -2.36. The van der Waals surface area contributed by atoms with Crippen LogP contribution >= 0.6 is 11.6 Å². The molecule has 0 fully saturated rings. The van der Waals surface area contributed by atoms with E-state index in [2.05, 4.69) is 69.0 Å². The SMILES string of the molecule is CC(C)N(C/C=C/c1ccccc1)C(C)C.ClC/C=C/c1ccccc1. The minimum atomic E-state index is 0.578. The number of nitrogens with zero attached hydrogens (tertiary/aromatic N) is 1. The maximum atomic E-state index is 5.46. The molecule has 0 heterocycles. The van der Waals surface area contributed by atoms with Gasteiger partial charge in [-0.1, -0.05) is 85.0 Å². The first-order valence-electron chi connectivity index (χ1n) is 9.29. The van der Waals surface area contributed by atoms with Crippen LogP contribution in [0, 0.1) is 0 Å². The standard InChI is InChI=1S/C15H23N.C9H9Cl/c1-13(2)16(14(3)4)12-8-11-15-9-6-5-7-10-15;10-8-4-7-9-5-2-1-3-6-9/h5-11,13-14H,12H2,1-4H3;1-7H,8H2/b11-8+;7-4+. The van der Waals surface area contributed by atoms with Crippen molar-refractivity contribution in [2.75, 3.05) is 12.4 Å². The second-order valence-electron chi connectivity index (χ2n) is 6.66. The third-order valence-corrected chi connectivity index (χ3v) is 4.13. The lowest BCUT2D eigenvalue weighted by atomic mass is 10.2. The molecule has 0 radical (unpaired) electrons. The molecule has 1 nitrogen and oxygen atoms in total. The highest BCUT2D eigenvalue weighted by Gasteiger charge is 2.10. The van der Waals surface area contributed by atoms with Crippen molar-refractivity contribution in [2.24, 2.45) is 0 Å². The van der Waals surface area contributed by atoms with Crippen LogP contribution < -0.4 is 0 Å². The largest absolute Gasteiger partial charge is 0.295 e. The molecule has 2 rings (SSSR count). The Kier molecular flexibility index (Phi) is 11.4. The summed E-state index contributed by atoms with van der Waals surface area (Å²) in [6.45, 7) is 10.0. The van der Waals surface area contributed by atoms with Crippen LogP contribution in [0.15, 0.2) is 72.8 Å². The fourth-order valence-corrected chi connectivity index (χ4v) is 2.73. The molecular formula is C24H32ClN. The first-order chi connectivity index (χ1) is 12.5. The fourth-order valence-electron chi connectivity index (χ4n) is 2.64. The first kappa shape index (κ1) is 22.2. The van der Waals surface area contributed by atoms with E-state index in [9.17, 15) is 0 Å². The van der Waals surface area contributed by atoms with Crippen LogP contribution in [0.25, 0.3) is 12.2 Å². The fraction of sp³-hybridized carbons (Fsp3) is 0.333. The van der Waals surface area contributed by atoms with Gasteiger partial charge in [-0.2, -0.15) is 0 Å². The van der Waals surface area contributed by atoms with Gasteiger partial charge in [-0.25, -0.2) is 0 Å². The van der Waals surface area contributed by atoms with Gasteiger partial charge in [0.2, 0.25) is 0 Å². The van der Waals surface area contributed by atoms with E-state index in [-0.39, 0.29) is 0 Å². The van der Waals surface area contributed by atoms with Gasteiger partial charge in [0, 0.05) is 24.5 Å². The Morgan fingerprint density at radius 2 is 1.15 bits per heavy atom. The lowest BCUT2D eigenvalue weighted by molar-refractivity contribution is 0.196. The van der Waals surface area contributed by atoms with Crippen LogP contribution in [-0.4, -0.2) is 29.4 Å². The zero-order chi connectivity index (χ0) is 19.2. The molecule has 0 atom stereocenters. The van der Waals surface area contributed by atoms with Gasteiger partial charge in [-0.3, -0.25) is 4.90 Å². The molecule has 2 aromatic carbocycles. The van der Waals surface area contributed by atoms with E-state index in [0.717, 1.165) is 6.54 Å². The van der Waals surface area contributed by atoms with Crippen molar-refractivity contribution < 1.29 is 0 Å². The van der Waals surface area contributed by atoms with Crippen LogP contribution in [-0.2, 0) is 0 Å². The van der Waals surface area contributed by atoms with Crippen molar-refractivity contribution in [3.8, 4) is 0 Å². The molecule has 140 valence electrons. The average Bonchev–Trinajstić information content (AvgIpc) is 2.65. The highest BCUT2D eigenvalue weighted by atomic mass is 35.5. The monoisotopic (exact) mass is 369 g/mol. The average molecular weight is 370 g/mol. The van der Waals surface area contributed by atoms with Crippen LogP contribution in [0.1, 0.15) is 38.8 Å².